The molecule has 0 atom stereocenters. The van der Waals surface area contributed by atoms with Crippen LogP contribution in [-0.2, 0) is 0 Å². The fourth-order valence-corrected chi connectivity index (χ4v) is 1.23. The van der Waals surface area contributed by atoms with Crippen LogP contribution in [0.15, 0.2) is 42.6 Å². The van der Waals surface area contributed by atoms with E-state index >= 15 is 0 Å². The fourth-order valence-electron chi connectivity index (χ4n) is 1.23. The van der Waals surface area contributed by atoms with E-state index in [0.717, 1.165) is 0 Å². The minimum atomic E-state index is -0.574. The lowest BCUT2D eigenvalue weighted by atomic mass is 10.3. The number of hydrogen-bond donors (Lipinski definition) is 1. The third kappa shape index (κ3) is 2.57. The van der Waals surface area contributed by atoms with Gasteiger partial charge in [0.15, 0.2) is 11.6 Å². The molecule has 0 fully saturated rings. The van der Waals surface area contributed by atoms with Crippen molar-refractivity contribution in [2.75, 3.05) is 0 Å². The second-order valence-electron chi connectivity index (χ2n) is 3.28. The number of benzene rings is 1. The first-order valence-electron chi connectivity index (χ1n) is 4.85. The van der Waals surface area contributed by atoms with Crippen LogP contribution in [0.5, 0.6) is 11.6 Å². The largest absolute Gasteiger partial charge is 0.436 e. The van der Waals surface area contributed by atoms with E-state index in [1.807, 2.05) is 0 Å². The van der Waals surface area contributed by atoms with Gasteiger partial charge in [-0.3, -0.25) is 4.79 Å². The summed E-state index contributed by atoms with van der Waals surface area (Å²) in [6.07, 6.45) is 1.28. The Morgan fingerprint density at radius 3 is 2.59 bits per heavy atom. The number of ether oxygens (including phenoxy) is 1. The van der Waals surface area contributed by atoms with Crippen LogP contribution in [0.2, 0.25) is 0 Å². The summed E-state index contributed by atoms with van der Waals surface area (Å²) < 4.78 is 18.5. The third-order valence-corrected chi connectivity index (χ3v) is 2.07. The van der Waals surface area contributed by atoms with Crippen molar-refractivity contribution in [1.82, 2.24) is 4.98 Å². The summed E-state index contributed by atoms with van der Waals surface area (Å²) in [5, 5.41) is 0. The van der Waals surface area contributed by atoms with Gasteiger partial charge in [0, 0.05) is 12.3 Å². The van der Waals surface area contributed by atoms with E-state index in [2.05, 4.69) is 4.98 Å². The maximum Gasteiger partial charge on any atom is 0.250 e. The Balaban J connectivity index is 2.20. The number of primary amides is 1. The van der Waals surface area contributed by atoms with Gasteiger partial charge in [0.1, 0.15) is 0 Å². The Labute approximate surface area is 96.9 Å². The van der Waals surface area contributed by atoms with Crippen molar-refractivity contribution in [2.45, 2.75) is 0 Å². The first kappa shape index (κ1) is 11.1. The fraction of sp³-hybridized carbons (Fsp3) is 0. The highest BCUT2D eigenvalue weighted by Gasteiger charge is 2.05. The highest BCUT2D eigenvalue weighted by molar-refractivity contribution is 5.92. The van der Waals surface area contributed by atoms with Crippen LogP contribution in [0.25, 0.3) is 0 Å². The lowest BCUT2D eigenvalue weighted by molar-refractivity contribution is 0.1000. The SMILES string of the molecule is NC(=O)c1ccc(Oc2ccccc2F)nc1. The number of halogens is 1. The second kappa shape index (κ2) is 4.61. The van der Waals surface area contributed by atoms with Gasteiger partial charge >= 0.3 is 0 Å². The molecule has 2 aromatic rings. The normalized spacial score (nSPS) is 9.94. The minimum Gasteiger partial charge on any atom is -0.436 e. The molecule has 0 bridgehead atoms. The maximum atomic E-state index is 13.3. The smallest absolute Gasteiger partial charge is 0.250 e. The van der Waals surface area contributed by atoms with Crippen molar-refractivity contribution in [3.05, 3.63) is 54.0 Å². The highest BCUT2D eigenvalue weighted by Crippen LogP contribution is 2.22. The average Bonchev–Trinajstić information content (AvgIpc) is 2.33. The van der Waals surface area contributed by atoms with Gasteiger partial charge in [-0.05, 0) is 18.2 Å². The molecule has 2 N–H and O–H groups in total. The zero-order valence-corrected chi connectivity index (χ0v) is 8.76. The first-order valence-corrected chi connectivity index (χ1v) is 4.85. The molecule has 0 saturated heterocycles. The van der Waals surface area contributed by atoms with Crippen molar-refractivity contribution in [3.8, 4) is 11.6 Å². The van der Waals surface area contributed by atoms with Gasteiger partial charge in [-0.2, -0.15) is 0 Å². The van der Waals surface area contributed by atoms with E-state index in [1.54, 1.807) is 12.1 Å². The van der Waals surface area contributed by atoms with Crippen LogP contribution in [0.3, 0.4) is 0 Å². The number of nitrogens with two attached hydrogens (primary N) is 1. The summed E-state index contributed by atoms with van der Waals surface area (Å²) in [6, 6.07) is 8.90. The summed E-state index contributed by atoms with van der Waals surface area (Å²) in [7, 11) is 0. The van der Waals surface area contributed by atoms with Crippen LogP contribution in [-0.4, -0.2) is 10.9 Å². The molecular weight excluding hydrogens is 223 g/mol. The Kier molecular flexibility index (Phi) is 3.00. The molecule has 1 heterocycles. The molecule has 0 radical (unpaired) electrons. The zero-order valence-electron chi connectivity index (χ0n) is 8.76. The molecule has 0 unspecified atom stereocenters. The zero-order chi connectivity index (χ0) is 12.3. The van der Waals surface area contributed by atoms with Crippen LogP contribution in [0, 0.1) is 5.82 Å². The summed E-state index contributed by atoms with van der Waals surface area (Å²) in [5.41, 5.74) is 5.33. The number of amides is 1. The van der Waals surface area contributed by atoms with Crippen LogP contribution in [0.1, 0.15) is 10.4 Å². The standard InChI is InChI=1S/C12H9FN2O2/c13-9-3-1-2-4-10(9)17-11-6-5-8(7-15-11)12(14)16/h1-7H,(H2,14,16). The summed E-state index contributed by atoms with van der Waals surface area (Å²) >= 11 is 0. The molecule has 17 heavy (non-hydrogen) atoms. The van der Waals surface area contributed by atoms with Crippen molar-refractivity contribution >= 4 is 5.91 Å². The van der Waals surface area contributed by atoms with E-state index in [1.165, 1.54) is 30.5 Å². The number of carbonyl (C=O) groups is 1. The Morgan fingerprint density at radius 2 is 2.00 bits per heavy atom. The minimum absolute atomic E-state index is 0.0758. The average molecular weight is 232 g/mol. The van der Waals surface area contributed by atoms with Crippen LogP contribution < -0.4 is 10.5 Å². The van der Waals surface area contributed by atoms with E-state index in [-0.39, 0.29) is 17.2 Å². The maximum absolute atomic E-state index is 13.3. The predicted octanol–water partition coefficient (Wildman–Crippen LogP) is 2.11. The number of aromatic nitrogens is 1. The predicted molar refractivity (Wildman–Crippen MR) is 59.2 cm³/mol. The molecule has 0 aliphatic carbocycles. The molecule has 1 amide bonds. The lowest BCUT2D eigenvalue weighted by Gasteiger charge is -2.05. The first-order chi connectivity index (χ1) is 8.16. The molecule has 0 aliphatic rings. The second-order valence-corrected chi connectivity index (χ2v) is 3.28. The summed E-state index contributed by atoms with van der Waals surface area (Å²) in [4.78, 5) is 14.7. The monoisotopic (exact) mass is 232 g/mol. The Hall–Kier alpha value is -2.43. The lowest BCUT2D eigenvalue weighted by Crippen LogP contribution is -2.10. The van der Waals surface area contributed by atoms with E-state index in [9.17, 15) is 9.18 Å². The molecule has 0 saturated carbocycles. The van der Waals surface area contributed by atoms with Crippen molar-refractivity contribution in [3.63, 3.8) is 0 Å². The van der Waals surface area contributed by atoms with E-state index < -0.39 is 11.7 Å². The highest BCUT2D eigenvalue weighted by atomic mass is 19.1. The Morgan fingerprint density at radius 1 is 1.24 bits per heavy atom. The van der Waals surface area contributed by atoms with Crippen molar-refractivity contribution in [1.29, 1.82) is 0 Å². The quantitative estimate of drug-likeness (QED) is 0.881. The molecule has 0 aliphatic heterocycles. The summed E-state index contributed by atoms with van der Waals surface area (Å²) in [6.45, 7) is 0. The molecule has 2 rings (SSSR count). The molecule has 1 aromatic heterocycles. The van der Waals surface area contributed by atoms with Gasteiger partial charge in [0.2, 0.25) is 11.8 Å². The van der Waals surface area contributed by atoms with Gasteiger partial charge < -0.3 is 10.5 Å². The van der Waals surface area contributed by atoms with Crippen LogP contribution in [0.4, 0.5) is 4.39 Å². The van der Waals surface area contributed by atoms with Gasteiger partial charge in [-0.15, -0.1) is 0 Å². The molecular formula is C12H9FN2O2. The molecule has 1 aromatic carbocycles. The number of para-hydroxylation sites is 1. The number of carbonyl (C=O) groups excluding carboxylic acids is 1. The number of rotatable bonds is 3. The van der Waals surface area contributed by atoms with Crippen molar-refractivity contribution in [2.24, 2.45) is 5.73 Å². The number of hydrogen-bond acceptors (Lipinski definition) is 3. The van der Waals surface area contributed by atoms with E-state index in [0.29, 0.717) is 0 Å². The van der Waals surface area contributed by atoms with Gasteiger partial charge in [0.25, 0.3) is 0 Å². The molecule has 0 spiro atoms. The molecule has 86 valence electrons. The third-order valence-electron chi connectivity index (χ3n) is 2.07. The molecule has 4 nitrogen and oxygen atoms in total. The number of pyridine rings is 1. The number of nitrogens with zero attached hydrogens (tertiary/aromatic N) is 1. The Bertz CT molecular complexity index is 540. The van der Waals surface area contributed by atoms with Gasteiger partial charge in [-0.1, -0.05) is 12.1 Å². The van der Waals surface area contributed by atoms with Gasteiger partial charge in [-0.25, -0.2) is 9.37 Å². The van der Waals surface area contributed by atoms with Crippen LogP contribution >= 0.6 is 0 Å². The van der Waals surface area contributed by atoms with Gasteiger partial charge in [0.05, 0.1) is 5.56 Å². The van der Waals surface area contributed by atoms with E-state index in [4.69, 9.17) is 10.5 Å². The topological polar surface area (TPSA) is 65.2 Å². The summed E-state index contributed by atoms with van der Waals surface area (Å²) in [5.74, 6) is -0.782. The van der Waals surface area contributed by atoms with Crippen molar-refractivity contribution < 1.29 is 13.9 Å². The molecule has 5 heteroatoms.